The van der Waals surface area contributed by atoms with E-state index in [2.05, 4.69) is 25.1 Å². The lowest BCUT2D eigenvalue weighted by Crippen LogP contribution is -2.42. The first-order valence-corrected chi connectivity index (χ1v) is 9.32. The van der Waals surface area contributed by atoms with Crippen LogP contribution in [0.5, 0.6) is 0 Å². The molecule has 142 valence electrons. The fourth-order valence-corrected chi connectivity index (χ4v) is 4.00. The molecule has 4 aromatic heterocycles. The number of hydrogen-bond acceptors (Lipinski definition) is 5. The zero-order valence-corrected chi connectivity index (χ0v) is 16.2. The Kier molecular flexibility index (Phi) is 3.88. The predicted molar refractivity (Wildman–Crippen MR) is 101 cm³/mol. The van der Waals surface area contributed by atoms with Gasteiger partial charge in [0.15, 0.2) is 0 Å². The molecule has 0 saturated heterocycles. The summed E-state index contributed by atoms with van der Waals surface area (Å²) in [5, 5.41) is 9.22. The molecule has 0 saturated carbocycles. The van der Waals surface area contributed by atoms with E-state index in [1.165, 1.54) is 4.68 Å². The zero-order valence-electron chi connectivity index (χ0n) is 14.7. The fraction of sp³-hybridized carbons (Fsp3) is 0.235. The van der Waals surface area contributed by atoms with Crippen molar-refractivity contribution in [2.45, 2.75) is 12.5 Å². The Hall–Kier alpha value is -2.91. The number of carbonyl (C=O) groups is 1. The highest BCUT2D eigenvalue weighted by molar-refractivity contribution is 6.33. The maximum absolute atomic E-state index is 13.3. The molecule has 1 N–H and O–H groups in total. The van der Waals surface area contributed by atoms with Crippen LogP contribution in [0.2, 0.25) is 10.3 Å². The second kappa shape index (κ2) is 6.32. The van der Waals surface area contributed by atoms with E-state index >= 15 is 0 Å². The van der Waals surface area contributed by atoms with Crippen molar-refractivity contribution in [3.8, 4) is 0 Å². The lowest BCUT2D eigenvalue weighted by Gasteiger charge is -2.33. The van der Waals surface area contributed by atoms with Crippen molar-refractivity contribution in [2.75, 3.05) is 6.54 Å². The summed E-state index contributed by atoms with van der Waals surface area (Å²) in [6.45, 7) is 0.477. The minimum atomic E-state index is -0.478. The van der Waals surface area contributed by atoms with E-state index in [0.29, 0.717) is 23.7 Å². The van der Waals surface area contributed by atoms with Gasteiger partial charge in [0.05, 0.1) is 28.3 Å². The molecule has 0 fully saturated rings. The van der Waals surface area contributed by atoms with E-state index in [9.17, 15) is 4.79 Å². The lowest BCUT2D eigenvalue weighted by atomic mass is 9.99. The van der Waals surface area contributed by atoms with Crippen molar-refractivity contribution in [2.24, 2.45) is 7.05 Å². The number of halogens is 2. The predicted octanol–water partition coefficient (Wildman–Crippen LogP) is 2.28. The van der Waals surface area contributed by atoms with Crippen molar-refractivity contribution in [1.29, 1.82) is 0 Å². The number of aryl methyl sites for hydroxylation is 1. The van der Waals surface area contributed by atoms with Crippen LogP contribution >= 0.6 is 23.2 Å². The zero-order chi connectivity index (χ0) is 19.4. The van der Waals surface area contributed by atoms with Crippen molar-refractivity contribution in [3.05, 3.63) is 63.9 Å². The Bertz CT molecular complexity index is 1210. The van der Waals surface area contributed by atoms with Gasteiger partial charge in [-0.25, -0.2) is 14.2 Å². The second-order valence-corrected chi connectivity index (χ2v) is 7.25. The third kappa shape index (κ3) is 2.58. The smallest absolute Gasteiger partial charge is 0.292 e. The summed E-state index contributed by atoms with van der Waals surface area (Å²) in [6, 6.07) is 5.01. The summed E-state index contributed by atoms with van der Waals surface area (Å²) in [4.78, 5) is 26.6. The topological polar surface area (TPSA) is 97.0 Å². The van der Waals surface area contributed by atoms with Crippen LogP contribution in [0.3, 0.4) is 0 Å². The normalized spacial score (nSPS) is 16.5. The highest BCUT2D eigenvalue weighted by atomic mass is 35.5. The van der Waals surface area contributed by atoms with Crippen LogP contribution in [0.15, 0.2) is 30.7 Å². The van der Waals surface area contributed by atoms with Gasteiger partial charge in [-0.05, 0) is 29.8 Å². The standard InChI is InChI=1S/C17H14Cl2N8O/c1-25-15(22-17(19)24-25)16(28)26-6-4-10-13(21-8-20-10)14(26)11-7-12-9(18)3-2-5-27(12)23-11/h2-3,5,7-8,14H,4,6H2,1H3,(H,20,21)/t14-/m1/s1. The van der Waals surface area contributed by atoms with E-state index in [-0.39, 0.29) is 17.0 Å². The molecule has 5 rings (SSSR count). The van der Waals surface area contributed by atoms with E-state index in [0.717, 1.165) is 16.9 Å². The van der Waals surface area contributed by atoms with Gasteiger partial charge in [0.25, 0.3) is 5.91 Å². The molecule has 0 aliphatic carbocycles. The van der Waals surface area contributed by atoms with Crippen molar-refractivity contribution in [1.82, 2.24) is 39.2 Å². The largest absolute Gasteiger partial charge is 0.348 e. The number of pyridine rings is 1. The Morgan fingerprint density at radius 1 is 1.32 bits per heavy atom. The van der Waals surface area contributed by atoms with Gasteiger partial charge in [0.1, 0.15) is 6.04 Å². The number of rotatable bonds is 2. The van der Waals surface area contributed by atoms with Crippen LogP contribution < -0.4 is 0 Å². The van der Waals surface area contributed by atoms with Gasteiger partial charge in [0.2, 0.25) is 11.1 Å². The molecule has 1 amide bonds. The number of hydrogen-bond donors (Lipinski definition) is 1. The molecule has 0 radical (unpaired) electrons. The molecular weight excluding hydrogens is 403 g/mol. The lowest BCUT2D eigenvalue weighted by molar-refractivity contribution is 0.0669. The van der Waals surface area contributed by atoms with E-state index < -0.39 is 6.04 Å². The first-order chi connectivity index (χ1) is 13.5. The minimum absolute atomic E-state index is 0.0272. The fourth-order valence-electron chi connectivity index (χ4n) is 3.60. The summed E-state index contributed by atoms with van der Waals surface area (Å²) in [6.07, 6.45) is 4.10. The third-order valence-electron chi connectivity index (χ3n) is 4.86. The van der Waals surface area contributed by atoms with Crippen LogP contribution in [0.4, 0.5) is 0 Å². The number of amides is 1. The highest BCUT2D eigenvalue weighted by Gasteiger charge is 2.37. The number of fused-ring (bicyclic) bond motifs is 2. The quantitative estimate of drug-likeness (QED) is 0.540. The number of aromatic nitrogens is 7. The van der Waals surface area contributed by atoms with Gasteiger partial charge in [0, 0.05) is 31.9 Å². The van der Waals surface area contributed by atoms with Gasteiger partial charge >= 0.3 is 0 Å². The molecule has 0 unspecified atom stereocenters. The van der Waals surface area contributed by atoms with Gasteiger partial charge in [-0.1, -0.05) is 11.6 Å². The van der Waals surface area contributed by atoms with Crippen molar-refractivity contribution < 1.29 is 4.79 Å². The average molecular weight is 417 g/mol. The van der Waals surface area contributed by atoms with Gasteiger partial charge < -0.3 is 9.88 Å². The molecule has 1 aliphatic heterocycles. The number of carbonyl (C=O) groups excluding carboxylic acids is 1. The van der Waals surface area contributed by atoms with Gasteiger partial charge in [-0.15, -0.1) is 5.10 Å². The number of nitrogens with zero attached hydrogens (tertiary/aromatic N) is 7. The molecule has 9 nitrogen and oxygen atoms in total. The molecular formula is C17H14Cl2N8O. The Balaban J connectivity index is 1.65. The molecule has 28 heavy (non-hydrogen) atoms. The van der Waals surface area contributed by atoms with Crippen LogP contribution in [0.25, 0.3) is 5.52 Å². The van der Waals surface area contributed by atoms with E-state index in [1.807, 2.05) is 18.3 Å². The molecule has 0 bridgehead atoms. The summed E-state index contributed by atoms with van der Waals surface area (Å²) in [5.41, 5.74) is 3.17. The first-order valence-electron chi connectivity index (χ1n) is 8.56. The molecule has 0 aromatic carbocycles. The van der Waals surface area contributed by atoms with Crippen LogP contribution in [-0.2, 0) is 13.5 Å². The number of nitrogens with one attached hydrogen (secondary N) is 1. The molecule has 11 heteroatoms. The van der Waals surface area contributed by atoms with Gasteiger partial charge in [-0.2, -0.15) is 10.1 Å². The highest BCUT2D eigenvalue weighted by Crippen LogP contribution is 2.34. The molecule has 1 aliphatic rings. The first kappa shape index (κ1) is 17.2. The monoisotopic (exact) mass is 416 g/mol. The van der Waals surface area contributed by atoms with Crippen LogP contribution in [0, 0.1) is 0 Å². The van der Waals surface area contributed by atoms with Crippen LogP contribution in [0.1, 0.15) is 33.7 Å². The van der Waals surface area contributed by atoms with E-state index in [4.69, 9.17) is 23.2 Å². The SMILES string of the molecule is Cn1nc(Cl)nc1C(=O)N1CCc2[nH]cnc2[C@H]1c1cc2c(Cl)cccn2n1. The molecule has 4 aromatic rings. The Morgan fingerprint density at radius 2 is 2.18 bits per heavy atom. The van der Waals surface area contributed by atoms with Gasteiger partial charge in [-0.3, -0.25) is 4.79 Å². The molecule has 0 spiro atoms. The summed E-state index contributed by atoms with van der Waals surface area (Å²) >= 11 is 12.2. The maximum Gasteiger partial charge on any atom is 0.292 e. The summed E-state index contributed by atoms with van der Waals surface area (Å²) in [7, 11) is 1.63. The van der Waals surface area contributed by atoms with Crippen molar-refractivity contribution >= 4 is 34.6 Å². The van der Waals surface area contributed by atoms with E-state index in [1.54, 1.807) is 28.9 Å². The van der Waals surface area contributed by atoms with Crippen LogP contribution in [-0.4, -0.2) is 51.7 Å². The average Bonchev–Trinajstić information content (AvgIpc) is 3.38. The molecule has 5 heterocycles. The minimum Gasteiger partial charge on any atom is -0.348 e. The number of imidazole rings is 1. The third-order valence-corrected chi connectivity index (χ3v) is 5.34. The van der Waals surface area contributed by atoms with Crippen molar-refractivity contribution in [3.63, 3.8) is 0 Å². The molecule has 1 atom stereocenters. The Labute approximate surface area is 168 Å². The summed E-state index contributed by atoms with van der Waals surface area (Å²) in [5.74, 6) is -0.125. The summed E-state index contributed by atoms with van der Waals surface area (Å²) < 4.78 is 3.07. The Morgan fingerprint density at radius 3 is 2.93 bits per heavy atom. The number of H-pyrrole nitrogens is 1. The number of aromatic amines is 1. The maximum atomic E-state index is 13.3. The second-order valence-electron chi connectivity index (χ2n) is 6.50.